The van der Waals surface area contributed by atoms with E-state index >= 15 is 0 Å². The lowest BCUT2D eigenvalue weighted by atomic mass is 10.1. The van der Waals surface area contributed by atoms with Crippen molar-refractivity contribution in [1.82, 2.24) is 4.90 Å². The third kappa shape index (κ3) is 2.94. The molecule has 1 aliphatic heterocycles. The molecule has 1 aliphatic rings. The standard InChI is InChI=1S/C17H16ClNOS/c1-12-16(20)19(11-13-7-3-2-4-8-13)17(21-12)14-9-5-6-10-15(14)18/h2-10,12,17H,11H2,1H3/t12-,17-/m1/s1. The number of benzene rings is 2. The number of hydrogen-bond acceptors (Lipinski definition) is 2. The molecule has 2 aromatic rings. The topological polar surface area (TPSA) is 20.3 Å². The van der Waals surface area contributed by atoms with E-state index in [-0.39, 0.29) is 16.5 Å². The number of amides is 1. The van der Waals surface area contributed by atoms with Crippen LogP contribution in [0.3, 0.4) is 0 Å². The number of halogens is 1. The zero-order chi connectivity index (χ0) is 14.8. The third-order valence-corrected chi connectivity index (χ3v) is 5.33. The molecule has 0 N–H and O–H groups in total. The first-order chi connectivity index (χ1) is 10.2. The third-order valence-electron chi connectivity index (χ3n) is 3.61. The highest BCUT2D eigenvalue weighted by Crippen LogP contribution is 2.45. The molecule has 0 saturated carbocycles. The summed E-state index contributed by atoms with van der Waals surface area (Å²) >= 11 is 7.98. The zero-order valence-corrected chi connectivity index (χ0v) is 13.3. The molecule has 4 heteroatoms. The van der Waals surface area contributed by atoms with Crippen molar-refractivity contribution >= 4 is 29.3 Å². The van der Waals surface area contributed by atoms with Crippen molar-refractivity contribution in [3.05, 3.63) is 70.7 Å². The monoisotopic (exact) mass is 317 g/mol. The van der Waals surface area contributed by atoms with E-state index in [9.17, 15) is 4.79 Å². The zero-order valence-electron chi connectivity index (χ0n) is 11.7. The van der Waals surface area contributed by atoms with Crippen molar-refractivity contribution in [2.45, 2.75) is 24.1 Å². The molecule has 1 amide bonds. The lowest BCUT2D eigenvalue weighted by Gasteiger charge is -2.25. The highest BCUT2D eigenvalue weighted by molar-refractivity contribution is 8.01. The molecular weight excluding hydrogens is 302 g/mol. The summed E-state index contributed by atoms with van der Waals surface area (Å²) in [5.74, 6) is 0.175. The number of carbonyl (C=O) groups excluding carboxylic acids is 1. The van der Waals surface area contributed by atoms with E-state index < -0.39 is 0 Å². The van der Waals surface area contributed by atoms with E-state index in [1.807, 2.05) is 66.4 Å². The summed E-state index contributed by atoms with van der Waals surface area (Å²) in [4.78, 5) is 14.4. The van der Waals surface area contributed by atoms with Crippen molar-refractivity contribution in [3.8, 4) is 0 Å². The summed E-state index contributed by atoms with van der Waals surface area (Å²) in [6, 6.07) is 17.8. The lowest BCUT2D eigenvalue weighted by Crippen LogP contribution is -2.29. The average molecular weight is 318 g/mol. The first-order valence-corrected chi connectivity index (χ1v) is 8.23. The van der Waals surface area contributed by atoms with Crippen molar-refractivity contribution < 1.29 is 4.79 Å². The molecule has 1 saturated heterocycles. The Bertz CT molecular complexity index is 646. The lowest BCUT2D eigenvalue weighted by molar-refractivity contribution is -0.130. The van der Waals surface area contributed by atoms with Crippen LogP contribution in [0.4, 0.5) is 0 Å². The van der Waals surface area contributed by atoms with E-state index in [1.54, 1.807) is 11.8 Å². The summed E-state index contributed by atoms with van der Waals surface area (Å²) in [5, 5.41) is 0.673. The molecule has 2 aromatic carbocycles. The van der Waals surface area contributed by atoms with Crippen molar-refractivity contribution in [2.75, 3.05) is 0 Å². The molecule has 0 bridgehead atoms. The summed E-state index contributed by atoms with van der Waals surface area (Å²) < 4.78 is 0. The fourth-order valence-corrected chi connectivity index (χ4v) is 4.15. The van der Waals surface area contributed by atoms with Gasteiger partial charge in [0, 0.05) is 17.1 Å². The van der Waals surface area contributed by atoms with Crippen LogP contribution in [0.1, 0.15) is 23.4 Å². The fourth-order valence-electron chi connectivity index (χ4n) is 2.53. The van der Waals surface area contributed by atoms with Gasteiger partial charge in [0.1, 0.15) is 5.37 Å². The summed E-state index contributed by atoms with van der Waals surface area (Å²) in [7, 11) is 0. The van der Waals surface area contributed by atoms with Crippen LogP contribution < -0.4 is 0 Å². The Labute approximate surface area is 134 Å². The van der Waals surface area contributed by atoms with Crippen LogP contribution in [0, 0.1) is 0 Å². The molecule has 0 aliphatic carbocycles. The fraction of sp³-hybridized carbons (Fsp3) is 0.235. The Hall–Kier alpha value is -1.45. The van der Waals surface area contributed by atoms with E-state index in [1.165, 1.54) is 0 Å². The number of nitrogens with zero attached hydrogens (tertiary/aromatic N) is 1. The molecule has 0 radical (unpaired) electrons. The van der Waals surface area contributed by atoms with Crippen molar-refractivity contribution in [1.29, 1.82) is 0 Å². The van der Waals surface area contributed by atoms with Gasteiger partial charge in [-0.15, -0.1) is 11.8 Å². The Kier molecular flexibility index (Phi) is 4.22. The first kappa shape index (κ1) is 14.5. The predicted molar refractivity (Wildman–Crippen MR) is 88.2 cm³/mol. The smallest absolute Gasteiger partial charge is 0.236 e. The maximum absolute atomic E-state index is 12.5. The molecule has 1 heterocycles. The number of rotatable bonds is 3. The number of thioether (sulfide) groups is 1. The number of hydrogen-bond donors (Lipinski definition) is 0. The van der Waals surface area contributed by atoms with Gasteiger partial charge >= 0.3 is 0 Å². The SMILES string of the molecule is C[C@H]1S[C@H](c2ccccc2Cl)N(Cc2ccccc2)C1=O. The second-order valence-corrected chi connectivity index (χ2v) is 6.94. The normalized spacial score (nSPS) is 21.8. The van der Waals surface area contributed by atoms with Crippen LogP contribution in [0.25, 0.3) is 0 Å². The van der Waals surface area contributed by atoms with Crippen LogP contribution >= 0.6 is 23.4 Å². The van der Waals surface area contributed by atoms with Gasteiger partial charge in [-0.1, -0.05) is 60.1 Å². The Morgan fingerprint density at radius 1 is 1.10 bits per heavy atom. The molecule has 21 heavy (non-hydrogen) atoms. The molecular formula is C17H16ClNOS. The van der Waals surface area contributed by atoms with E-state index in [0.717, 1.165) is 16.1 Å². The minimum Gasteiger partial charge on any atom is -0.321 e. The molecule has 0 spiro atoms. The minimum absolute atomic E-state index is 0.0126. The van der Waals surface area contributed by atoms with Crippen molar-refractivity contribution in [3.63, 3.8) is 0 Å². The highest BCUT2D eigenvalue weighted by atomic mass is 35.5. The maximum atomic E-state index is 12.5. The van der Waals surface area contributed by atoms with E-state index in [4.69, 9.17) is 11.6 Å². The van der Waals surface area contributed by atoms with Gasteiger partial charge in [-0.3, -0.25) is 4.79 Å². The second-order valence-electron chi connectivity index (χ2n) is 5.10. The van der Waals surface area contributed by atoms with E-state index in [2.05, 4.69) is 0 Å². The predicted octanol–water partition coefficient (Wildman–Crippen LogP) is 4.50. The highest BCUT2D eigenvalue weighted by Gasteiger charge is 2.39. The van der Waals surface area contributed by atoms with Gasteiger partial charge in [0.15, 0.2) is 0 Å². The molecule has 0 aromatic heterocycles. The molecule has 2 atom stereocenters. The Balaban J connectivity index is 1.92. The Morgan fingerprint density at radius 2 is 1.76 bits per heavy atom. The second kappa shape index (κ2) is 6.12. The van der Waals surface area contributed by atoms with Gasteiger partial charge in [-0.05, 0) is 18.6 Å². The van der Waals surface area contributed by atoms with Gasteiger partial charge in [0.05, 0.1) is 5.25 Å². The summed E-state index contributed by atoms with van der Waals surface area (Å²) in [6.07, 6.45) is 0. The largest absolute Gasteiger partial charge is 0.321 e. The van der Waals surface area contributed by atoms with Crippen LogP contribution in [0.2, 0.25) is 5.02 Å². The first-order valence-electron chi connectivity index (χ1n) is 6.91. The van der Waals surface area contributed by atoms with Gasteiger partial charge in [0.25, 0.3) is 0 Å². The molecule has 0 unspecified atom stereocenters. The Morgan fingerprint density at radius 3 is 2.48 bits per heavy atom. The van der Waals surface area contributed by atoms with E-state index in [0.29, 0.717) is 6.54 Å². The van der Waals surface area contributed by atoms with Gasteiger partial charge in [0.2, 0.25) is 5.91 Å². The van der Waals surface area contributed by atoms with Gasteiger partial charge < -0.3 is 4.90 Å². The summed E-state index contributed by atoms with van der Waals surface area (Å²) in [5.41, 5.74) is 2.15. The molecule has 1 fully saturated rings. The maximum Gasteiger partial charge on any atom is 0.236 e. The van der Waals surface area contributed by atoms with Crippen LogP contribution in [-0.2, 0) is 11.3 Å². The van der Waals surface area contributed by atoms with Gasteiger partial charge in [-0.25, -0.2) is 0 Å². The van der Waals surface area contributed by atoms with Crippen LogP contribution in [0.5, 0.6) is 0 Å². The summed E-state index contributed by atoms with van der Waals surface area (Å²) in [6.45, 7) is 2.58. The van der Waals surface area contributed by atoms with Crippen molar-refractivity contribution in [2.24, 2.45) is 0 Å². The van der Waals surface area contributed by atoms with Crippen LogP contribution in [0.15, 0.2) is 54.6 Å². The molecule has 2 nitrogen and oxygen atoms in total. The number of carbonyl (C=O) groups is 1. The quantitative estimate of drug-likeness (QED) is 0.830. The van der Waals surface area contributed by atoms with Gasteiger partial charge in [-0.2, -0.15) is 0 Å². The average Bonchev–Trinajstić information content (AvgIpc) is 2.77. The molecule has 108 valence electrons. The minimum atomic E-state index is -0.0324. The van der Waals surface area contributed by atoms with Crippen LogP contribution in [-0.4, -0.2) is 16.1 Å². The molecule has 3 rings (SSSR count).